The SMILES string of the molecule is O=C(c1ccc(OCC(F)(F)F)nc1)N1CCCC1c1ccc(Br)cc1. The predicted molar refractivity (Wildman–Crippen MR) is 92.9 cm³/mol. The summed E-state index contributed by atoms with van der Waals surface area (Å²) in [4.78, 5) is 18.4. The molecule has 1 saturated heterocycles. The van der Waals surface area contributed by atoms with Gasteiger partial charge >= 0.3 is 6.18 Å². The Morgan fingerprint density at radius 2 is 1.96 bits per heavy atom. The van der Waals surface area contributed by atoms with Crippen LogP contribution in [-0.4, -0.2) is 35.1 Å². The van der Waals surface area contributed by atoms with Crippen LogP contribution in [0, 0.1) is 0 Å². The standard InChI is InChI=1S/C18H16BrF3N2O2/c19-14-6-3-12(4-7-14)15-2-1-9-24(15)17(25)13-5-8-16(23-10-13)26-11-18(20,21)22/h3-8,10,15H,1-2,9,11H2. The summed E-state index contributed by atoms with van der Waals surface area (Å²) in [5.41, 5.74) is 1.38. The molecular weight excluding hydrogens is 413 g/mol. The number of aromatic nitrogens is 1. The molecule has 1 aliphatic rings. The van der Waals surface area contributed by atoms with Gasteiger partial charge in [-0.1, -0.05) is 28.1 Å². The van der Waals surface area contributed by atoms with E-state index < -0.39 is 12.8 Å². The third-order valence-electron chi connectivity index (χ3n) is 4.14. The monoisotopic (exact) mass is 428 g/mol. The Morgan fingerprint density at radius 1 is 1.23 bits per heavy atom. The highest BCUT2D eigenvalue weighted by Crippen LogP contribution is 2.33. The van der Waals surface area contributed by atoms with Crippen LogP contribution < -0.4 is 4.74 Å². The van der Waals surface area contributed by atoms with E-state index in [0.29, 0.717) is 12.1 Å². The zero-order valence-electron chi connectivity index (χ0n) is 13.7. The Labute approximate surface area is 157 Å². The molecule has 0 saturated carbocycles. The van der Waals surface area contributed by atoms with E-state index in [2.05, 4.69) is 25.7 Å². The molecule has 4 nitrogen and oxygen atoms in total. The predicted octanol–water partition coefficient (Wildman–Crippen LogP) is 4.76. The third-order valence-corrected chi connectivity index (χ3v) is 4.66. The topological polar surface area (TPSA) is 42.4 Å². The highest BCUT2D eigenvalue weighted by Gasteiger charge is 2.31. The van der Waals surface area contributed by atoms with Crippen LogP contribution in [0.4, 0.5) is 13.2 Å². The normalized spacial score (nSPS) is 17.4. The molecule has 1 amide bonds. The number of carbonyl (C=O) groups excluding carboxylic acids is 1. The summed E-state index contributed by atoms with van der Waals surface area (Å²) in [5.74, 6) is -0.352. The lowest BCUT2D eigenvalue weighted by Crippen LogP contribution is -2.30. The van der Waals surface area contributed by atoms with Crippen molar-refractivity contribution in [3.8, 4) is 5.88 Å². The summed E-state index contributed by atoms with van der Waals surface area (Å²) in [5, 5.41) is 0. The number of carbonyl (C=O) groups is 1. The molecule has 1 fully saturated rings. The summed E-state index contributed by atoms with van der Waals surface area (Å²) < 4.78 is 42.0. The van der Waals surface area contributed by atoms with Crippen molar-refractivity contribution < 1.29 is 22.7 Å². The van der Waals surface area contributed by atoms with Gasteiger partial charge in [-0.3, -0.25) is 4.79 Å². The van der Waals surface area contributed by atoms with Gasteiger partial charge in [0.15, 0.2) is 6.61 Å². The first kappa shape index (κ1) is 18.7. The van der Waals surface area contributed by atoms with E-state index >= 15 is 0 Å². The second-order valence-corrected chi connectivity index (χ2v) is 6.91. The van der Waals surface area contributed by atoms with E-state index in [9.17, 15) is 18.0 Å². The lowest BCUT2D eigenvalue weighted by Gasteiger charge is -2.25. The maximum absolute atomic E-state index is 12.8. The molecule has 1 aromatic heterocycles. The smallest absolute Gasteiger partial charge is 0.422 e. The van der Waals surface area contributed by atoms with Gasteiger partial charge in [0, 0.05) is 23.3 Å². The van der Waals surface area contributed by atoms with Gasteiger partial charge < -0.3 is 9.64 Å². The molecule has 1 aliphatic heterocycles. The lowest BCUT2D eigenvalue weighted by molar-refractivity contribution is -0.154. The van der Waals surface area contributed by atoms with E-state index in [1.54, 1.807) is 4.90 Å². The quantitative estimate of drug-likeness (QED) is 0.704. The van der Waals surface area contributed by atoms with Crippen LogP contribution in [0.25, 0.3) is 0 Å². The minimum absolute atomic E-state index is 0.0169. The fourth-order valence-corrected chi connectivity index (χ4v) is 3.22. The van der Waals surface area contributed by atoms with Crippen molar-refractivity contribution in [3.05, 3.63) is 58.2 Å². The number of alkyl halides is 3. The van der Waals surface area contributed by atoms with Crippen LogP contribution in [-0.2, 0) is 0 Å². The van der Waals surface area contributed by atoms with Gasteiger partial charge in [-0.15, -0.1) is 0 Å². The van der Waals surface area contributed by atoms with Crippen LogP contribution in [0.5, 0.6) is 5.88 Å². The minimum atomic E-state index is -4.43. The number of pyridine rings is 1. The number of benzene rings is 1. The summed E-state index contributed by atoms with van der Waals surface area (Å²) in [7, 11) is 0. The maximum Gasteiger partial charge on any atom is 0.422 e. The van der Waals surface area contributed by atoms with Crippen molar-refractivity contribution in [2.24, 2.45) is 0 Å². The largest absolute Gasteiger partial charge is 0.468 e. The molecule has 1 aromatic carbocycles. The van der Waals surface area contributed by atoms with E-state index in [0.717, 1.165) is 22.9 Å². The fourth-order valence-electron chi connectivity index (χ4n) is 2.96. The van der Waals surface area contributed by atoms with Crippen LogP contribution in [0.15, 0.2) is 47.1 Å². The average Bonchev–Trinajstić information content (AvgIpc) is 3.09. The Balaban J connectivity index is 1.70. The van der Waals surface area contributed by atoms with Gasteiger partial charge in [0.25, 0.3) is 5.91 Å². The minimum Gasteiger partial charge on any atom is -0.468 e. The number of amides is 1. The second kappa shape index (κ2) is 7.65. The van der Waals surface area contributed by atoms with Crippen LogP contribution >= 0.6 is 15.9 Å². The zero-order chi connectivity index (χ0) is 18.7. The summed E-state index contributed by atoms with van der Waals surface area (Å²) in [6, 6.07) is 10.5. The number of hydrogen-bond acceptors (Lipinski definition) is 3. The molecule has 138 valence electrons. The van der Waals surface area contributed by atoms with Crippen molar-refractivity contribution in [1.29, 1.82) is 0 Å². The molecule has 0 spiro atoms. The molecule has 8 heteroatoms. The molecular formula is C18H16BrF3N2O2. The van der Waals surface area contributed by atoms with E-state index in [1.807, 2.05) is 24.3 Å². The molecule has 3 rings (SSSR count). The second-order valence-electron chi connectivity index (χ2n) is 6.00. The first-order valence-corrected chi connectivity index (χ1v) is 8.85. The molecule has 26 heavy (non-hydrogen) atoms. The lowest BCUT2D eigenvalue weighted by atomic mass is 10.0. The van der Waals surface area contributed by atoms with Gasteiger partial charge in [-0.2, -0.15) is 13.2 Å². The Kier molecular flexibility index (Phi) is 5.50. The van der Waals surface area contributed by atoms with Gasteiger partial charge in [-0.05, 0) is 36.6 Å². The Bertz CT molecular complexity index is 764. The first-order valence-electron chi connectivity index (χ1n) is 8.05. The molecule has 0 aliphatic carbocycles. The van der Waals surface area contributed by atoms with Crippen molar-refractivity contribution in [2.75, 3.05) is 13.2 Å². The fraction of sp³-hybridized carbons (Fsp3) is 0.333. The highest BCUT2D eigenvalue weighted by atomic mass is 79.9. The van der Waals surface area contributed by atoms with Crippen molar-refractivity contribution in [2.45, 2.75) is 25.1 Å². The number of ether oxygens (including phenoxy) is 1. The van der Waals surface area contributed by atoms with E-state index in [4.69, 9.17) is 0 Å². The summed E-state index contributed by atoms with van der Waals surface area (Å²) in [6.07, 6.45) is -1.41. The Morgan fingerprint density at radius 3 is 2.58 bits per heavy atom. The van der Waals surface area contributed by atoms with Crippen molar-refractivity contribution in [3.63, 3.8) is 0 Å². The van der Waals surface area contributed by atoms with Crippen LogP contribution in [0.3, 0.4) is 0 Å². The van der Waals surface area contributed by atoms with Gasteiger partial charge in [-0.25, -0.2) is 4.98 Å². The molecule has 2 heterocycles. The molecule has 0 bridgehead atoms. The van der Waals surface area contributed by atoms with Crippen LogP contribution in [0.1, 0.15) is 34.8 Å². The molecule has 0 radical (unpaired) electrons. The number of rotatable bonds is 4. The molecule has 0 N–H and O–H groups in total. The maximum atomic E-state index is 12.8. The molecule has 1 unspecified atom stereocenters. The zero-order valence-corrected chi connectivity index (χ0v) is 15.3. The number of halogens is 4. The number of hydrogen-bond donors (Lipinski definition) is 0. The van der Waals surface area contributed by atoms with E-state index in [1.165, 1.54) is 18.3 Å². The van der Waals surface area contributed by atoms with Crippen molar-refractivity contribution >= 4 is 21.8 Å². The molecule has 1 atom stereocenters. The van der Waals surface area contributed by atoms with Gasteiger partial charge in [0.2, 0.25) is 5.88 Å². The van der Waals surface area contributed by atoms with Gasteiger partial charge in [0.05, 0.1) is 11.6 Å². The summed E-state index contributed by atoms with van der Waals surface area (Å²) >= 11 is 3.40. The van der Waals surface area contributed by atoms with Gasteiger partial charge in [0.1, 0.15) is 0 Å². The third kappa shape index (κ3) is 4.55. The average molecular weight is 429 g/mol. The van der Waals surface area contributed by atoms with E-state index in [-0.39, 0.29) is 17.8 Å². The number of likely N-dealkylation sites (tertiary alicyclic amines) is 1. The Hall–Kier alpha value is -2.09. The highest BCUT2D eigenvalue weighted by molar-refractivity contribution is 9.10. The van der Waals surface area contributed by atoms with Crippen molar-refractivity contribution in [1.82, 2.24) is 9.88 Å². The van der Waals surface area contributed by atoms with Crippen LogP contribution in [0.2, 0.25) is 0 Å². The molecule has 2 aromatic rings. The summed E-state index contributed by atoms with van der Waals surface area (Å²) in [6.45, 7) is -0.781. The first-order chi connectivity index (χ1) is 12.3. The number of nitrogens with zero attached hydrogens (tertiary/aromatic N) is 2.